The largest absolute Gasteiger partial charge is 0.447 e. The van der Waals surface area contributed by atoms with Crippen molar-refractivity contribution >= 4 is 21.8 Å². The Kier molecular flexibility index (Phi) is 4.37. The van der Waals surface area contributed by atoms with E-state index in [1.165, 1.54) is 10.4 Å². The van der Waals surface area contributed by atoms with Gasteiger partial charge in [-0.3, -0.25) is 0 Å². The predicted molar refractivity (Wildman–Crippen MR) is 71.9 cm³/mol. The monoisotopic (exact) mass is 290 g/mol. The zero-order valence-electron chi connectivity index (χ0n) is 10.3. The molecule has 0 saturated carbocycles. The Hall–Kier alpha value is -0.500. The highest BCUT2D eigenvalue weighted by atomic mass is 32.2. The Balaban J connectivity index is 2.19. The van der Waals surface area contributed by atoms with Crippen LogP contribution in [-0.2, 0) is 16.6 Å². The van der Waals surface area contributed by atoms with Crippen molar-refractivity contribution in [1.82, 2.24) is 4.31 Å². The number of hydrogen-bond donors (Lipinski definition) is 1. The van der Waals surface area contributed by atoms with Crippen molar-refractivity contribution in [2.24, 2.45) is 5.73 Å². The molecule has 1 aliphatic heterocycles. The first-order valence-electron chi connectivity index (χ1n) is 5.98. The summed E-state index contributed by atoms with van der Waals surface area (Å²) in [5, 5.41) is 0.377. The zero-order valence-corrected chi connectivity index (χ0v) is 12.0. The Morgan fingerprint density at radius 1 is 1.56 bits per heavy atom. The van der Waals surface area contributed by atoms with Crippen molar-refractivity contribution in [3.8, 4) is 0 Å². The van der Waals surface area contributed by atoms with Gasteiger partial charge in [-0.15, -0.1) is 0 Å². The fraction of sp³-hybridized carbons (Fsp3) is 0.636. The maximum absolute atomic E-state index is 12.4. The third kappa shape index (κ3) is 2.74. The molecule has 1 aromatic heterocycles. The maximum atomic E-state index is 12.4. The molecule has 0 amide bonds. The standard InChI is InChI=1S/C11H18N2O3S2/c1-2-10-8-13(5-6-17-10)18(14,15)11-4-3-9(7-12)16-11/h3-4,10H,2,5-8,12H2,1H3. The minimum atomic E-state index is -3.50. The van der Waals surface area contributed by atoms with Crippen molar-refractivity contribution in [3.05, 3.63) is 17.9 Å². The lowest BCUT2D eigenvalue weighted by molar-refractivity contribution is 0.370. The molecule has 18 heavy (non-hydrogen) atoms. The summed E-state index contributed by atoms with van der Waals surface area (Å²) < 4.78 is 31.5. The average molecular weight is 290 g/mol. The molecule has 1 fully saturated rings. The number of sulfonamides is 1. The molecule has 7 heteroatoms. The highest BCUT2D eigenvalue weighted by Gasteiger charge is 2.32. The van der Waals surface area contributed by atoms with E-state index in [-0.39, 0.29) is 11.6 Å². The van der Waals surface area contributed by atoms with Crippen LogP contribution < -0.4 is 5.73 Å². The Morgan fingerprint density at radius 2 is 2.33 bits per heavy atom. The van der Waals surface area contributed by atoms with Crippen LogP contribution >= 0.6 is 11.8 Å². The van der Waals surface area contributed by atoms with Crippen LogP contribution in [0.3, 0.4) is 0 Å². The van der Waals surface area contributed by atoms with E-state index in [4.69, 9.17) is 10.2 Å². The van der Waals surface area contributed by atoms with Gasteiger partial charge in [0, 0.05) is 24.1 Å². The SMILES string of the molecule is CCC1CN(S(=O)(=O)c2ccc(CN)o2)CCS1. The molecule has 2 N–H and O–H groups in total. The summed E-state index contributed by atoms with van der Waals surface area (Å²) in [6, 6.07) is 3.10. The summed E-state index contributed by atoms with van der Waals surface area (Å²) in [6.07, 6.45) is 0.975. The summed E-state index contributed by atoms with van der Waals surface area (Å²) in [6.45, 7) is 3.39. The normalized spacial score (nSPS) is 22.2. The fourth-order valence-corrected chi connectivity index (χ4v) is 4.70. The molecule has 1 aromatic rings. The van der Waals surface area contributed by atoms with Crippen LogP contribution in [0.2, 0.25) is 0 Å². The molecule has 0 bridgehead atoms. The van der Waals surface area contributed by atoms with Gasteiger partial charge in [-0.25, -0.2) is 8.42 Å². The van der Waals surface area contributed by atoms with E-state index in [9.17, 15) is 8.42 Å². The summed E-state index contributed by atoms with van der Waals surface area (Å²) >= 11 is 1.83. The number of nitrogens with zero attached hydrogens (tertiary/aromatic N) is 1. The van der Waals surface area contributed by atoms with Crippen LogP contribution in [0.25, 0.3) is 0 Å². The summed E-state index contributed by atoms with van der Waals surface area (Å²) in [5.41, 5.74) is 5.42. The minimum absolute atomic E-state index is 0.00435. The van der Waals surface area contributed by atoms with Crippen molar-refractivity contribution in [2.75, 3.05) is 18.8 Å². The van der Waals surface area contributed by atoms with Crippen LogP contribution in [0.4, 0.5) is 0 Å². The van der Waals surface area contributed by atoms with Gasteiger partial charge in [0.05, 0.1) is 6.54 Å². The van der Waals surface area contributed by atoms with E-state index in [2.05, 4.69) is 6.92 Å². The van der Waals surface area contributed by atoms with Crippen molar-refractivity contribution in [3.63, 3.8) is 0 Å². The van der Waals surface area contributed by atoms with Crippen LogP contribution in [0, 0.1) is 0 Å². The second kappa shape index (κ2) is 5.64. The third-order valence-corrected chi connectivity index (χ3v) is 6.10. The van der Waals surface area contributed by atoms with Gasteiger partial charge in [-0.2, -0.15) is 16.1 Å². The molecule has 102 valence electrons. The van der Waals surface area contributed by atoms with Crippen LogP contribution in [0.5, 0.6) is 0 Å². The molecule has 0 aromatic carbocycles. The topological polar surface area (TPSA) is 76.5 Å². The first-order chi connectivity index (χ1) is 8.57. The van der Waals surface area contributed by atoms with Crippen molar-refractivity contribution in [2.45, 2.75) is 30.2 Å². The van der Waals surface area contributed by atoms with Gasteiger partial charge in [0.1, 0.15) is 5.76 Å². The van der Waals surface area contributed by atoms with E-state index in [1.54, 1.807) is 6.07 Å². The van der Waals surface area contributed by atoms with E-state index < -0.39 is 10.0 Å². The molecule has 2 rings (SSSR count). The number of thioether (sulfide) groups is 1. The lowest BCUT2D eigenvalue weighted by atomic mass is 10.3. The lowest BCUT2D eigenvalue weighted by Gasteiger charge is -2.30. The second-order valence-electron chi connectivity index (χ2n) is 4.19. The zero-order chi connectivity index (χ0) is 13.2. The molecule has 1 aliphatic rings. The highest BCUT2D eigenvalue weighted by Crippen LogP contribution is 2.26. The average Bonchev–Trinajstić information content (AvgIpc) is 2.88. The van der Waals surface area contributed by atoms with Crippen LogP contribution in [0.1, 0.15) is 19.1 Å². The first kappa shape index (κ1) is 13.9. The van der Waals surface area contributed by atoms with Crippen LogP contribution in [-0.4, -0.2) is 36.8 Å². The summed E-state index contributed by atoms with van der Waals surface area (Å²) in [7, 11) is -3.50. The minimum Gasteiger partial charge on any atom is -0.447 e. The van der Waals surface area contributed by atoms with Gasteiger partial charge in [0.2, 0.25) is 5.09 Å². The molecule has 1 unspecified atom stereocenters. The van der Waals surface area contributed by atoms with E-state index >= 15 is 0 Å². The number of furan rings is 1. The second-order valence-corrected chi connectivity index (χ2v) is 7.47. The van der Waals surface area contributed by atoms with Gasteiger partial charge in [-0.05, 0) is 18.6 Å². The fourth-order valence-electron chi connectivity index (χ4n) is 1.89. The molecule has 0 radical (unpaired) electrons. The Labute approximate surface area is 112 Å². The van der Waals surface area contributed by atoms with E-state index in [0.29, 0.717) is 24.1 Å². The third-order valence-electron chi connectivity index (χ3n) is 2.99. The number of hydrogen-bond acceptors (Lipinski definition) is 5. The van der Waals surface area contributed by atoms with Gasteiger partial charge in [-0.1, -0.05) is 6.92 Å². The molecule has 5 nitrogen and oxygen atoms in total. The quantitative estimate of drug-likeness (QED) is 0.903. The van der Waals surface area contributed by atoms with Gasteiger partial charge in [0.25, 0.3) is 10.0 Å². The summed E-state index contributed by atoms with van der Waals surface area (Å²) in [5.74, 6) is 1.33. The summed E-state index contributed by atoms with van der Waals surface area (Å²) in [4.78, 5) is 0. The van der Waals surface area contributed by atoms with Gasteiger partial charge in [0.15, 0.2) is 0 Å². The number of nitrogens with two attached hydrogens (primary N) is 1. The molecule has 1 atom stereocenters. The molecular formula is C11H18N2O3S2. The van der Waals surface area contributed by atoms with E-state index in [0.717, 1.165) is 12.2 Å². The highest BCUT2D eigenvalue weighted by molar-refractivity contribution is 8.00. The Bertz CT molecular complexity index is 498. The maximum Gasteiger partial charge on any atom is 0.276 e. The van der Waals surface area contributed by atoms with Crippen LogP contribution in [0.15, 0.2) is 21.6 Å². The predicted octanol–water partition coefficient (Wildman–Crippen LogP) is 1.25. The van der Waals surface area contributed by atoms with Crippen molar-refractivity contribution in [1.29, 1.82) is 0 Å². The van der Waals surface area contributed by atoms with Gasteiger partial charge < -0.3 is 10.2 Å². The molecule has 0 aliphatic carbocycles. The molecule has 2 heterocycles. The molecule has 1 saturated heterocycles. The first-order valence-corrected chi connectivity index (χ1v) is 8.47. The van der Waals surface area contributed by atoms with E-state index in [1.807, 2.05) is 11.8 Å². The smallest absolute Gasteiger partial charge is 0.276 e. The molecule has 0 spiro atoms. The lowest BCUT2D eigenvalue weighted by Crippen LogP contribution is -2.41. The number of rotatable bonds is 4. The van der Waals surface area contributed by atoms with Gasteiger partial charge >= 0.3 is 0 Å². The molecular weight excluding hydrogens is 272 g/mol. The Morgan fingerprint density at radius 3 is 2.94 bits per heavy atom. The van der Waals surface area contributed by atoms with Crippen molar-refractivity contribution < 1.29 is 12.8 Å².